The Kier molecular flexibility index (Phi) is 5.36. The van der Waals surface area contributed by atoms with Crippen molar-refractivity contribution in [3.8, 4) is 5.75 Å². The zero-order valence-corrected chi connectivity index (χ0v) is 13.7. The summed E-state index contributed by atoms with van der Waals surface area (Å²) in [6.07, 6.45) is 3.71. The van der Waals surface area contributed by atoms with E-state index in [9.17, 15) is 8.42 Å². The smallest absolute Gasteiger partial charge is 0.248 e. The minimum atomic E-state index is -3.57. The maximum absolute atomic E-state index is 12.7. The molecule has 112 valence electrons. The average Bonchev–Trinajstić information content (AvgIpc) is 2.46. The van der Waals surface area contributed by atoms with Gasteiger partial charge in [-0.25, -0.2) is 8.42 Å². The number of rotatable bonds is 5. The van der Waals surface area contributed by atoms with Crippen LogP contribution in [0, 0.1) is 0 Å². The molecule has 1 aromatic rings. The van der Waals surface area contributed by atoms with Gasteiger partial charge in [0.05, 0.1) is 17.3 Å². The van der Waals surface area contributed by atoms with Gasteiger partial charge in [-0.05, 0) is 22.4 Å². The lowest BCUT2D eigenvalue weighted by molar-refractivity contribution is 0.303. The molecule has 1 N–H and O–H groups in total. The first-order chi connectivity index (χ1) is 9.57. The molecule has 0 amide bonds. The number of aromatic nitrogens is 1. The van der Waals surface area contributed by atoms with Crippen molar-refractivity contribution in [2.45, 2.75) is 18.2 Å². The Morgan fingerprint density at radius 3 is 2.75 bits per heavy atom. The van der Waals surface area contributed by atoms with Gasteiger partial charge in [-0.1, -0.05) is 6.92 Å². The van der Waals surface area contributed by atoms with Gasteiger partial charge in [0.2, 0.25) is 10.0 Å². The standard InChI is InChI=1S/C12H18BrN3O3S/c1-2-7-19-12-10(13)8-15-9-11(12)20(17,18)16-5-3-14-4-6-16/h8-9,14H,2-7H2,1H3. The van der Waals surface area contributed by atoms with Crippen LogP contribution in [0.5, 0.6) is 5.75 Å². The highest BCUT2D eigenvalue weighted by molar-refractivity contribution is 9.10. The van der Waals surface area contributed by atoms with Crippen molar-refractivity contribution in [2.75, 3.05) is 32.8 Å². The molecule has 0 atom stereocenters. The summed E-state index contributed by atoms with van der Waals surface area (Å²) in [6, 6.07) is 0. The Morgan fingerprint density at radius 1 is 1.40 bits per heavy atom. The van der Waals surface area contributed by atoms with E-state index in [1.54, 1.807) is 6.20 Å². The molecule has 20 heavy (non-hydrogen) atoms. The summed E-state index contributed by atoms with van der Waals surface area (Å²) in [7, 11) is -3.57. The number of pyridine rings is 1. The number of sulfonamides is 1. The Morgan fingerprint density at radius 2 is 2.10 bits per heavy atom. The predicted octanol–water partition coefficient (Wildman–Crippen LogP) is 1.23. The molecule has 0 radical (unpaired) electrons. The lowest BCUT2D eigenvalue weighted by Crippen LogP contribution is -2.46. The zero-order valence-electron chi connectivity index (χ0n) is 11.3. The Balaban J connectivity index is 2.37. The van der Waals surface area contributed by atoms with E-state index in [-0.39, 0.29) is 4.90 Å². The van der Waals surface area contributed by atoms with Crippen LogP contribution in [0.1, 0.15) is 13.3 Å². The van der Waals surface area contributed by atoms with Gasteiger partial charge in [0.15, 0.2) is 5.75 Å². The van der Waals surface area contributed by atoms with Gasteiger partial charge in [0, 0.05) is 32.4 Å². The molecule has 6 nitrogen and oxygen atoms in total. The fraction of sp³-hybridized carbons (Fsp3) is 0.583. The Bertz CT molecular complexity index is 559. The van der Waals surface area contributed by atoms with Crippen molar-refractivity contribution in [1.82, 2.24) is 14.6 Å². The molecule has 8 heteroatoms. The lowest BCUT2D eigenvalue weighted by atomic mass is 10.4. The summed E-state index contributed by atoms with van der Waals surface area (Å²) in [6.45, 7) is 4.67. The minimum Gasteiger partial charge on any atom is -0.491 e. The van der Waals surface area contributed by atoms with Gasteiger partial charge < -0.3 is 10.1 Å². The monoisotopic (exact) mass is 363 g/mol. The molecule has 1 aromatic heterocycles. The van der Waals surface area contributed by atoms with E-state index < -0.39 is 10.0 Å². The fourth-order valence-corrected chi connectivity index (χ4v) is 4.07. The van der Waals surface area contributed by atoms with Crippen LogP contribution in [0.2, 0.25) is 0 Å². The topological polar surface area (TPSA) is 71.5 Å². The summed E-state index contributed by atoms with van der Waals surface area (Å²) in [4.78, 5) is 4.09. The second-order valence-corrected chi connectivity index (χ2v) is 7.21. The highest BCUT2D eigenvalue weighted by Gasteiger charge is 2.30. The number of piperazine rings is 1. The second-order valence-electron chi connectivity index (χ2n) is 4.45. The fourth-order valence-electron chi connectivity index (χ4n) is 1.96. The van der Waals surface area contributed by atoms with Gasteiger partial charge in [0.1, 0.15) is 4.90 Å². The number of ether oxygens (including phenoxy) is 1. The molecule has 0 aromatic carbocycles. The molecule has 0 aliphatic carbocycles. The highest BCUT2D eigenvalue weighted by atomic mass is 79.9. The van der Waals surface area contributed by atoms with Crippen LogP contribution in [0.15, 0.2) is 21.8 Å². The molecular formula is C12H18BrN3O3S. The first-order valence-electron chi connectivity index (χ1n) is 6.54. The molecule has 1 fully saturated rings. The molecule has 1 saturated heterocycles. The molecule has 0 saturated carbocycles. The number of hydrogen-bond acceptors (Lipinski definition) is 5. The molecule has 2 rings (SSSR count). The quantitative estimate of drug-likeness (QED) is 0.851. The Labute approximate surface area is 127 Å². The van der Waals surface area contributed by atoms with Crippen molar-refractivity contribution in [3.63, 3.8) is 0 Å². The van der Waals surface area contributed by atoms with Crippen molar-refractivity contribution in [3.05, 3.63) is 16.9 Å². The summed E-state index contributed by atoms with van der Waals surface area (Å²) in [5.41, 5.74) is 0. The van der Waals surface area contributed by atoms with Crippen LogP contribution in [-0.2, 0) is 10.0 Å². The summed E-state index contributed by atoms with van der Waals surface area (Å²) >= 11 is 3.31. The second kappa shape index (κ2) is 6.84. The predicted molar refractivity (Wildman–Crippen MR) is 79.4 cm³/mol. The van der Waals surface area contributed by atoms with Crippen molar-refractivity contribution in [1.29, 1.82) is 0 Å². The molecule has 1 aliphatic rings. The summed E-state index contributed by atoms with van der Waals surface area (Å²) in [5.74, 6) is 0.348. The molecule has 0 unspecified atom stereocenters. The number of nitrogens with one attached hydrogen (secondary N) is 1. The SMILES string of the molecule is CCCOc1c(Br)cncc1S(=O)(=O)N1CCNCC1. The van der Waals surface area contributed by atoms with E-state index >= 15 is 0 Å². The average molecular weight is 364 g/mol. The maximum Gasteiger partial charge on any atom is 0.248 e. The van der Waals surface area contributed by atoms with Gasteiger partial charge in [-0.2, -0.15) is 4.31 Å². The van der Waals surface area contributed by atoms with Gasteiger partial charge in [0.25, 0.3) is 0 Å². The minimum absolute atomic E-state index is 0.127. The van der Waals surface area contributed by atoms with Gasteiger partial charge >= 0.3 is 0 Å². The van der Waals surface area contributed by atoms with Crippen LogP contribution in [0.3, 0.4) is 0 Å². The normalized spacial score (nSPS) is 17.1. The molecule has 1 aliphatic heterocycles. The molecule has 0 spiro atoms. The third-order valence-electron chi connectivity index (χ3n) is 2.96. The van der Waals surface area contributed by atoms with Crippen LogP contribution in [-0.4, -0.2) is 50.5 Å². The number of hydrogen-bond donors (Lipinski definition) is 1. The van der Waals surface area contributed by atoms with Gasteiger partial charge in [-0.15, -0.1) is 0 Å². The van der Waals surface area contributed by atoms with E-state index in [2.05, 4.69) is 26.2 Å². The van der Waals surface area contributed by atoms with Gasteiger partial charge in [-0.3, -0.25) is 4.98 Å². The molecule has 0 bridgehead atoms. The third-order valence-corrected chi connectivity index (χ3v) is 5.42. The van der Waals surface area contributed by atoms with Crippen molar-refractivity contribution < 1.29 is 13.2 Å². The van der Waals surface area contributed by atoms with E-state index in [0.717, 1.165) is 6.42 Å². The van der Waals surface area contributed by atoms with Crippen LogP contribution < -0.4 is 10.1 Å². The summed E-state index contributed by atoms with van der Waals surface area (Å²) < 4.78 is 33.0. The largest absolute Gasteiger partial charge is 0.491 e. The van der Waals surface area contributed by atoms with Crippen LogP contribution >= 0.6 is 15.9 Å². The van der Waals surface area contributed by atoms with E-state index in [1.807, 2.05) is 6.92 Å². The van der Waals surface area contributed by atoms with E-state index in [0.29, 0.717) is 43.0 Å². The lowest BCUT2D eigenvalue weighted by Gasteiger charge is -2.27. The van der Waals surface area contributed by atoms with Crippen LogP contribution in [0.4, 0.5) is 0 Å². The first-order valence-corrected chi connectivity index (χ1v) is 8.78. The van der Waals surface area contributed by atoms with E-state index in [1.165, 1.54) is 10.5 Å². The molecule has 2 heterocycles. The number of nitrogens with zero attached hydrogens (tertiary/aromatic N) is 2. The van der Waals surface area contributed by atoms with E-state index in [4.69, 9.17) is 4.74 Å². The summed E-state index contributed by atoms with van der Waals surface area (Å²) in [5, 5.41) is 3.14. The highest BCUT2D eigenvalue weighted by Crippen LogP contribution is 2.33. The van der Waals surface area contributed by atoms with Crippen molar-refractivity contribution in [2.24, 2.45) is 0 Å². The Hall–Kier alpha value is -0.700. The zero-order chi connectivity index (χ0) is 14.6. The van der Waals surface area contributed by atoms with Crippen LogP contribution in [0.25, 0.3) is 0 Å². The molecular weight excluding hydrogens is 346 g/mol. The third kappa shape index (κ3) is 3.30. The first kappa shape index (κ1) is 15.7. The van der Waals surface area contributed by atoms with Crippen molar-refractivity contribution >= 4 is 26.0 Å². The maximum atomic E-state index is 12.7. The number of halogens is 1.